The number of nitrogens with one attached hydrogen (secondary N) is 1. The molecule has 11 heteroatoms. The predicted octanol–water partition coefficient (Wildman–Crippen LogP) is 4.65. The van der Waals surface area contributed by atoms with Gasteiger partial charge in [-0.1, -0.05) is 13.3 Å². The molecule has 0 spiro atoms. The normalized spacial score (nSPS) is 13.9. The highest BCUT2D eigenvalue weighted by atomic mass is 32.2. The van der Waals surface area contributed by atoms with E-state index in [0.29, 0.717) is 34.4 Å². The van der Waals surface area contributed by atoms with Crippen LogP contribution in [0, 0.1) is 17.6 Å². The number of sulfonamides is 1. The van der Waals surface area contributed by atoms with Crippen molar-refractivity contribution in [2.45, 2.75) is 39.0 Å². The summed E-state index contributed by atoms with van der Waals surface area (Å²) in [6.45, 7) is 2.07. The Morgan fingerprint density at radius 1 is 1.14 bits per heavy atom. The molecule has 0 aliphatic heterocycles. The third kappa shape index (κ3) is 4.86. The van der Waals surface area contributed by atoms with E-state index in [0.717, 1.165) is 37.8 Å². The fourth-order valence-electron chi connectivity index (χ4n) is 3.98. The summed E-state index contributed by atoms with van der Waals surface area (Å²) in [6.07, 6.45) is 11.9. The molecular formula is C24H24F2N6O2S. The standard InChI is InChI=1S/C24H24F2N6O2S/c1-2-3-4-21-29-11-20-23(30-21)17(16-9-27-14-28-10-16)12-32(20)24-18(25)7-8-19(22(24)26)31-35(33,34)13-15-5-6-15/h7-12,14-15,31H,2-6,13H2,1H3. The van der Waals surface area contributed by atoms with Crippen molar-refractivity contribution in [2.75, 3.05) is 10.5 Å². The van der Waals surface area contributed by atoms with Crippen molar-refractivity contribution in [2.24, 2.45) is 5.92 Å². The number of aryl methyl sites for hydroxylation is 1. The lowest BCUT2D eigenvalue weighted by Crippen LogP contribution is -2.19. The van der Waals surface area contributed by atoms with E-state index in [9.17, 15) is 8.42 Å². The van der Waals surface area contributed by atoms with Crippen molar-refractivity contribution in [1.29, 1.82) is 0 Å². The maximum atomic E-state index is 15.6. The number of hydrogen-bond donors (Lipinski definition) is 1. The van der Waals surface area contributed by atoms with Gasteiger partial charge in [0.1, 0.15) is 29.2 Å². The van der Waals surface area contributed by atoms with Crippen LogP contribution in [0.3, 0.4) is 0 Å². The molecule has 0 atom stereocenters. The molecule has 1 aliphatic rings. The highest BCUT2D eigenvalue weighted by Gasteiger charge is 2.29. The summed E-state index contributed by atoms with van der Waals surface area (Å²) in [5.41, 5.74) is 1.35. The van der Waals surface area contributed by atoms with Crippen molar-refractivity contribution >= 4 is 26.7 Å². The van der Waals surface area contributed by atoms with Crippen LogP contribution < -0.4 is 4.72 Å². The van der Waals surface area contributed by atoms with E-state index in [2.05, 4.69) is 31.6 Å². The number of halogens is 2. The maximum absolute atomic E-state index is 15.6. The molecule has 1 fully saturated rings. The SMILES string of the molecule is CCCCc1ncc2c(n1)c(-c1cncnc1)cn2-c1c(F)ccc(NS(=O)(=O)CC2CC2)c1F. The zero-order chi connectivity index (χ0) is 24.6. The number of nitrogens with zero attached hydrogens (tertiary/aromatic N) is 5. The molecular weight excluding hydrogens is 474 g/mol. The highest BCUT2D eigenvalue weighted by molar-refractivity contribution is 7.92. The zero-order valence-corrected chi connectivity index (χ0v) is 19.9. The maximum Gasteiger partial charge on any atom is 0.233 e. The van der Waals surface area contributed by atoms with Crippen molar-refractivity contribution in [3.8, 4) is 16.8 Å². The first kappa shape index (κ1) is 23.3. The van der Waals surface area contributed by atoms with Crippen LogP contribution in [0.1, 0.15) is 38.4 Å². The molecule has 8 nitrogen and oxygen atoms in total. The number of unbranched alkanes of at least 4 members (excludes halogenated alkanes) is 1. The van der Waals surface area contributed by atoms with Crippen LogP contribution in [0.25, 0.3) is 27.8 Å². The molecule has 182 valence electrons. The second kappa shape index (κ2) is 9.29. The van der Waals surface area contributed by atoms with E-state index in [1.54, 1.807) is 18.6 Å². The average molecular weight is 499 g/mol. The summed E-state index contributed by atoms with van der Waals surface area (Å²) >= 11 is 0. The molecule has 1 N–H and O–H groups in total. The fourth-order valence-corrected chi connectivity index (χ4v) is 5.51. The highest BCUT2D eigenvalue weighted by Crippen LogP contribution is 2.35. The molecule has 3 aromatic heterocycles. The summed E-state index contributed by atoms with van der Waals surface area (Å²) in [4.78, 5) is 17.2. The first-order valence-electron chi connectivity index (χ1n) is 11.5. The third-order valence-electron chi connectivity index (χ3n) is 5.94. The lowest BCUT2D eigenvalue weighted by molar-refractivity contribution is 0.572. The topological polar surface area (TPSA) is 103 Å². The Kier molecular flexibility index (Phi) is 6.18. The molecule has 1 saturated carbocycles. The first-order valence-corrected chi connectivity index (χ1v) is 13.1. The minimum absolute atomic E-state index is 0.0820. The van der Waals surface area contributed by atoms with Gasteiger partial charge in [-0.3, -0.25) is 4.72 Å². The number of anilines is 1. The Morgan fingerprint density at radius 3 is 2.63 bits per heavy atom. The van der Waals surface area contributed by atoms with Gasteiger partial charge in [0.05, 0.1) is 23.2 Å². The lowest BCUT2D eigenvalue weighted by Gasteiger charge is -2.13. The quantitative estimate of drug-likeness (QED) is 0.360. The second-order valence-corrected chi connectivity index (χ2v) is 10.5. The molecule has 1 aliphatic carbocycles. The van der Waals surface area contributed by atoms with Gasteiger partial charge in [-0.25, -0.2) is 37.1 Å². The fraction of sp³-hybridized carbons (Fsp3) is 0.333. The van der Waals surface area contributed by atoms with Crippen molar-refractivity contribution < 1.29 is 17.2 Å². The van der Waals surface area contributed by atoms with E-state index in [4.69, 9.17) is 0 Å². The minimum atomic E-state index is -3.76. The van der Waals surface area contributed by atoms with E-state index in [1.165, 1.54) is 17.1 Å². The summed E-state index contributed by atoms with van der Waals surface area (Å²) in [5, 5.41) is 0. The summed E-state index contributed by atoms with van der Waals surface area (Å²) in [6, 6.07) is 2.14. The van der Waals surface area contributed by atoms with Crippen molar-refractivity contribution in [3.63, 3.8) is 0 Å². The summed E-state index contributed by atoms with van der Waals surface area (Å²) in [5.74, 6) is -1.25. The van der Waals surface area contributed by atoms with Gasteiger partial charge < -0.3 is 4.57 Å². The van der Waals surface area contributed by atoms with E-state index in [1.807, 2.05) is 0 Å². The molecule has 4 aromatic rings. The smallest absolute Gasteiger partial charge is 0.233 e. The number of fused-ring (bicyclic) bond motifs is 1. The van der Waals surface area contributed by atoms with Crippen LogP contribution in [0.15, 0.2) is 43.2 Å². The minimum Gasteiger partial charge on any atom is -0.308 e. The van der Waals surface area contributed by atoms with Crippen LogP contribution >= 0.6 is 0 Å². The molecule has 0 bridgehead atoms. The van der Waals surface area contributed by atoms with E-state index < -0.39 is 27.3 Å². The molecule has 35 heavy (non-hydrogen) atoms. The third-order valence-corrected chi connectivity index (χ3v) is 7.38. The first-order chi connectivity index (χ1) is 16.9. The van der Waals surface area contributed by atoms with Crippen LogP contribution in [-0.4, -0.2) is 38.7 Å². The number of aromatic nitrogens is 5. The van der Waals surface area contributed by atoms with E-state index in [-0.39, 0.29) is 17.4 Å². The predicted molar refractivity (Wildman–Crippen MR) is 129 cm³/mol. The zero-order valence-electron chi connectivity index (χ0n) is 19.1. The summed E-state index contributed by atoms with van der Waals surface area (Å²) in [7, 11) is -3.76. The Labute approximate surface area is 201 Å². The van der Waals surface area contributed by atoms with Crippen molar-refractivity contribution in [3.05, 3.63) is 60.7 Å². The van der Waals surface area contributed by atoms with Gasteiger partial charge in [0.25, 0.3) is 0 Å². The number of benzene rings is 1. The van der Waals surface area contributed by atoms with E-state index >= 15 is 8.78 Å². The lowest BCUT2D eigenvalue weighted by atomic mass is 10.1. The van der Waals surface area contributed by atoms with Gasteiger partial charge in [-0.15, -0.1) is 0 Å². The average Bonchev–Trinajstić information content (AvgIpc) is 3.57. The molecule has 0 unspecified atom stereocenters. The van der Waals surface area contributed by atoms with Crippen LogP contribution in [-0.2, 0) is 16.4 Å². The van der Waals surface area contributed by atoms with Crippen LogP contribution in [0.4, 0.5) is 14.5 Å². The van der Waals surface area contributed by atoms with Crippen molar-refractivity contribution in [1.82, 2.24) is 24.5 Å². The molecule has 3 heterocycles. The number of hydrogen-bond acceptors (Lipinski definition) is 6. The molecule has 5 rings (SSSR count). The van der Waals surface area contributed by atoms with Gasteiger partial charge in [0.15, 0.2) is 5.82 Å². The Hall–Kier alpha value is -3.47. The van der Waals surface area contributed by atoms with Gasteiger partial charge >= 0.3 is 0 Å². The molecule has 1 aromatic carbocycles. The Balaban J connectivity index is 1.65. The van der Waals surface area contributed by atoms with Crippen LogP contribution in [0.5, 0.6) is 0 Å². The van der Waals surface area contributed by atoms with Crippen LogP contribution in [0.2, 0.25) is 0 Å². The molecule has 0 saturated heterocycles. The molecule has 0 radical (unpaired) electrons. The molecule has 0 amide bonds. The summed E-state index contributed by atoms with van der Waals surface area (Å²) < 4.78 is 59.2. The van der Waals surface area contributed by atoms with Gasteiger partial charge in [-0.05, 0) is 37.3 Å². The van der Waals surface area contributed by atoms with Gasteiger partial charge in [0.2, 0.25) is 10.0 Å². The monoisotopic (exact) mass is 498 g/mol. The second-order valence-electron chi connectivity index (χ2n) is 8.75. The Morgan fingerprint density at radius 2 is 1.91 bits per heavy atom. The largest absolute Gasteiger partial charge is 0.308 e. The Bertz CT molecular complexity index is 1490. The number of rotatable bonds is 9. The van der Waals surface area contributed by atoms with Gasteiger partial charge in [0, 0.05) is 36.1 Å². The van der Waals surface area contributed by atoms with Gasteiger partial charge in [-0.2, -0.15) is 0 Å².